The predicted octanol–water partition coefficient (Wildman–Crippen LogP) is 3.32. The Hall–Kier alpha value is -3.04. The molecular weight excluding hydrogens is 396 g/mol. The highest BCUT2D eigenvalue weighted by molar-refractivity contribution is 7.94. The van der Waals surface area contributed by atoms with E-state index in [9.17, 15) is 13.2 Å². The Balaban J connectivity index is 1.71. The van der Waals surface area contributed by atoms with E-state index in [0.717, 1.165) is 26.8 Å². The van der Waals surface area contributed by atoms with Crippen LogP contribution in [0.1, 0.15) is 11.1 Å². The molecule has 7 nitrogen and oxygen atoms in total. The molecule has 0 aliphatic heterocycles. The van der Waals surface area contributed by atoms with Gasteiger partial charge in [-0.3, -0.25) is 14.4 Å². The quantitative estimate of drug-likeness (QED) is 0.493. The second kappa shape index (κ2) is 8.32. The number of hydrogen-bond acceptors (Lipinski definition) is 6. The van der Waals surface area contributed by atoms with Crippen LogP contribution in [-0.2, 0) is 14.8 Å². The number of nitrogens with one attached hydrogen (secondary N) is 1. The molecule has 3 rings (SSSR count). The lowest BCUT2D eigenvalue weighted by molar-refractivity contribution is -0.111. The fourth-order valence-corrected chi connectivity index (χ4v) is 4.51. The molecule has 0 aliphatic rings. The van der Waals surface area contributed by atoms with E-state index in [1.807, 2.05) is 49.4 Å². The van der Waals surface area contributed by atoms with Crippen molar-refractivity contribution < 1.29 is 13.2 Å². The number of carbonyl (C=O) groups is 1. The van der Waals surface area contributed by atoms with Crippen LogP contribution in [0.25, 0.3) is 6.08 Å². The monoisotopic (exact) mass is 414 g/mol. The maximum atomic E-state index is 12.7. The SMILES string of the molecule is Cc1ccc(N(C)S(=O)(=O)c2nnc(NC(=O)/C=C/c3ccccc3)s2)cc1. The summed E-state index contributed by atoms with van der Waals surface area (Å²) in [5.74, 6) is -0.421. The molecule has 0 atom stereocenters. The van der Waals surface area contributed by atoms with Crippen LogP contribution in [-0.4, -0.2) is 31.6 Å². The normalized spacial score (nSPS) is 11.5. The molecule has 9 heteroatoms. The van der Waals surface area contributed by atoms with Crippen molar-refractivity contribution in [2.24, 2.45) is 0 Å². The van der Waals surface area contributed by atoms with Gasteiger partial charge < -0.3 is 0 Å². The molecule has 0 bridgehead atoms. The number of sulfonamides is 1. The van der Waals surface area contributed by atoms with E-state index in [2.05, 4.69) is 15.5 Å². The highest BCUT2D eigenvalue weighted by Crippen LogP contribution is 2.26. The molecule has 1 heterocycles. The van der Waals surface area contributed by atoms with Crippen LogP contribution in [0, 0.1) is 6.92 Å². The Morgan fingerprint density at radius 1 is 1.07 bits per heavy atom. The average Bonchev–Trinajstić information content (AvgIpc) is 3.16. The number of hydrogen-bond donors (Lipinski definition) is 1. The van der Waals surface area contributed by atoms with Crippen LogP contribution < -0.4 is 9.62 Å². The van der Waals surface area contributed by atoms with Crippen molar-refractivity contribution in [1.82, 2.24) is 10.2 Å². The van der Waals surface area contributed by atoms with Gasteiger partial charge in [-0.15, -0.1) is 10.2 Å². The predicted molar refractivity (Wildman–Crippen MR) is 111 cm³/mol. The summed E-state index contributed by atoms with van der Waals surface area (Å²) in [6.45, 7) is 1.92. The van der Waals surface area contributed by atoms with Crippen molar-refractivity contribution in [2.45, 2.75) is 11.3 Å². The number of aromatic nitrogens is 2. The zero-order valence-electron chi connectivity index (χ0n) is 15.2. The zero-order chi connectivity index (χ0) is 20.1. The number of amides is 1. The Kier molecular flexibility index (Phi) is 5.86. The van der Waals surface area contributed by atoms with Crippen molar-refractivity contribution in [2.75, 3.05) is 16.7 Å². The van der Waals surface area contributed by atoms with Crippen molar-refractivity contribution in [3.8, 4) is 0 Å². The fourth-order valence-electron chi connectivity index (χ4n) is 2.26. The van der Waals surface area contributed by atoms with Gasteiger partial charge in [0.2, 0.25) is 11.0 Å². The largest absolute Gasteiger partial charge is 0.297 e. The minimum Gasteiger partial charge on any atom is -0.297 e. The second-order valence-electron chi connectivity index (χ2n) is 5.91. The third-order valence-electron chi connectivity index (χ3n) is 3.84. The summed E-state index contributed by atoms with van der Waals surface area (Å²) in [6.07, 6.45) is 3.00. The van der Waals surface area contributed by atoms with Crippen LogP contribution in [0.5, 0.6) is 0 Å². The third-order valence-corrected chi connectivity index (χ3v) is 6.81. The highest BCUT2D eigenvalue weighted by Gasteiger charge is 2.26. The van der Waals surface area contributed by atoms with E-state index >= 15 is 0 Å². The number of benzene rings is 2. The maximum absolute atomic E-state index is 12.7. The van der Waals surface area contributed by atoms with Gasteiger partial charge >= 0.3 is 0 Å². The number of anilines is 2. The molecule has 0 unspecified atom stereocenters. The van der Waals surface area contributed by atoms with Crippen LogP contribution >= 0.6 is 11.3 Å². The molecule has 0 spiro atoms. The minimum atomic E-state index is -3.87. The molecule has 0 aliphatic carbocycles. The Morgan fingerprint density at radius 2 is 1.75 bits per heavy atom. The molecule has 1 amide bonds. The van der Waals surface area contributed by atoms with E-state index in [4.69, 9.17) is 0 Å². The van der Waals surface area contributed by atoms with E-state index in [1.165, 1.54) is 13.1 Å². The van der Waals surface area contributed by atoms with Gasteiger partial charge in [-0.2, -0.15) is 8.42 Å². The first-order valence-corrected chi connectivity index (χ1v) is 10.5. The molecule has 1 N–H and O–H groups in total. The lowest BCUT2D eigenvalue weighted by Gasteiger charge is -2.17. The van der Waals surface area contributed by atoms with Crippen molar-refractivity contribution in [3.05, 3.63) is 71.8 Å². The molecule has 2 aromatic carbocycles. The first-order valence-electron chi connectivity index (χ1n) is 8.29. The standard InChI is InChI=1S/C19H18N4O3S2/c1-14-8-11-16(12-9-14)23(2)28(25,26)19-22-21-18(27-19)20-17(24)13-10-15-6-4-3-5-7-15/h3-13H,1-2H3,(H,20,21,24)/b13-10+. The third kappa shape index (κ3) is 4.62. The smallest absolute Gasteiger partial charge is 0.293 e. The first kappa shape index (κ1) is 19.7. The van der Waals surface area contributed by atoms with E-state index in [-0.39, 0.29) is 9.47 Å². The van der Waals surface area contributed by atoms with E-state index < -0.39 is 15.9 Å². The van der Waals surface area contributed by atoms with Gasteiger partial charge in [-0.25, -0.2) is 0 Å². The number of aryl methyl sites for hydroxylation is 1. The van der Waals surface area contributed by atoms with Crippen molar-refractivity contribution >= 4 is 44.2 Å². The second-order valence-corrected chi connectivity index (χ2v) is 9.03. The lowest BCUT2D eigenvalue weighted by Crippen LogP contribution is -2.26. The fraction of sp³-hybridized carbons (Fsp3) is 0.105. The summed E-state index contributed by atoms with van der Waals surface area (Å²) < 4.78 is 26.4. The topological polar surface area (TPSA) is 92.3 Å². The summed E-state index contributed by atoms with van der Waals surface area (Å²) in [7, 11) is -2.42. The summed E-state index contributed by atoms with van der Waals surface area (Å²) in [4.78, 5) is 12.0. The van der Waals surface area contributed by atoms with Crippen molar-refractivity contribution in [1.29, 1.82) is 0 Å². The van der Waals surface area contributed by atoms with Crippen LogP contribution in [0.15, 0.2) is 65.0 Å². The minimum absolute atomic E-state index is 0.110. The Morgan fingerprint density at radius 3 is 2.43 bits per heavy atom. The average molecular weight is 415 g/mol. The van der Waals surface area contributed by atoms with E-state index in [1.54, 1.807) is 18.2 Å². The molecule has 0 fully saturated rings. The van der Waals surface area contributed by atoms with Gasteiger partial charge in [-0.05, 0) is 30.7 Å². The van der Waals surface area contributed by atoms with Crippen LogP contribution in [0.4, 0.5) is 10.8 Å². The molecular formula is C19H18N4O3S2. The van der Waals surface area contributed by atoms with Gasteiger partial charge in [0.1, 0.15) is 0 Å². The zero-order valence-corrected chi connectivity index (χ0v) is 16.9. The summed E-state index contributed by atoms with van der Waals surface area (Å²) in [6, 6.07) is 16.4. The van der Waals surface area contributed by atoms with Gasteiger partial charge in [0.05, 0.1) is 5.69 Å². The maximum Gasteiger partial charge on any atom is 0.293 e. The number of carbonyl (C=O) groups excluding carboxylic acids is 1. The molecule has 28 heavy (non-hydrogen) atoms. The molecule has 0 saturated carbocycles. The molecule has 144 valence electrons. The molecule has 0 saturated heterocycles. The summed E-state index contributed by atoms with van der Waals surface area (Å²) in [5.41, 5.74) is 2.41. The van der Waals surface area contributed by atoms with Crippen LogP contribution in [0.3, 0.4) is 0 Å². The van der Waals surface area contributed by atoms with Gasteiger partial charge in [0, 0.05) is 13.1 Å². The first-order chi connectivity index (χ1) is 13.4. The highest BCUT2D eigenvalue weighted by atomic mass is 32.2. The Labute approximate surface area is 167 Å². The van der Waals surface area contributed by atoms with Crippen LogP contribution in [0.2, 0.25) is 0 Å². The summed E-state index contributed by atoms with van der Waals surface area (Å²) >= 11 is 0.798. The lowest BCUT2D eigenvalue weighted by atomic mass is 10.2. The molecule has 1 aromatic heterocycles. The summed E-state index contributed by atoms with van der Waals surface area (Å²) in [5, 5.41) is 10.1. The van der Waals surface area contributed by atoms with Gasteiger partial charge in [-0.1, -0.05) is 59.4 Å². The molecule has 3 aromatic rings. The van der Waals surface area contributed by atoms with Crippen molar-refractivity contribution in [3.63, 3.8) is 0 Å². The van der Waals surface area contributed by atoms with Gasteiger partial charge in [0.25, 0.3) is 14.4 Å². The number of nitrogens with zero attached hydrogens (tertiary/aromatic N) is 3. The van der Waals surface area contributed by atoms with Gasteiger partial charge in [0.15, 0.2) is 0 Å². The Bertz CT molecular complexity index is 1090. The number of rotatable bonds is 6. The van der Waals surface area contributed by atoms with E-state index in [0.29, 0.717) is 5.69 Å². The molecule has 0 radical (unpaired) electrons.